The fourth-order valence-electron chi connectivity index (χ4n) is 1.22. The Morgan fingerprint density at radius 2 is 1.75 bits per heavy atom. The molecule has 0 unspecified atom stereocenters. The van der Waals surface area contributed by atoms with Crippen LogP contribution in [0.25, 0.3) is 0 Å². The number of benzene rings is 1. The second-order valence-electron chi connectivity index (χ2n) is 3.20. The fraction of sp³-hybridized carbons (Fsp3) is 0.400. The summed E-state index contributed by atoms with van der Waals surface area (Å²) >= 11 is 1.54. The van der Waals surface area contributed by atoms with Crippen LogP contribution in [0.4, 0.5) is 13.2 Å². The lowest BCUT2D eigenvalue weighted by Gasteiger charge is -2.14. The molecule has 0 radical (unpaired) electrons. The highest BCUT2D eigenvalue weighted by molar-refractivity contribution is 7.98. The van der Waals surface area contributed by atoms with Crippen LogP contribution in [-0.4, -0.2) is 12.4 Å². The highest BCUT2D eigenvalue weighted by Crippen LogP contribution is 2.28. The molecule has 92 valence electrons. The molecule has 0 aliphatic carbocycles. The molecule has 0 fully saturated rings. The number of hydrogen-bond acceptors (Lipinski definition) is 2. The Labute approximate surface area is 103 Å². The van der Waals surface area contributed by atoms with Gasteiger partial charge in [-0.15, -0.1) is 24.2 Å². The Morgan fingerprint density at radius 1 is 1.25 bits per heavy atom. The van der Waals surface area contributed by atoms with E-state index in [0.29, 0.717) is 5.56 Å². The summed E-state index contributed by atoms with van der Waals surface area (Å²) in [7, 11) is 0. The second kappa shape index (κ2) is 6.37. The quantitative estimate of drug-likeness (QED) is 0.847. The van der Waals surface area contributed by atoms with Gasteiger partial charge in [0.05, 0.1) is 6.42 Å². The summed E-state index contributed by atoms with van der Waals surface area (Å²) in [5.74, 6) is 0. The third-order valence-corrected chi connectivity index (χ3v) is 2.74. The minimum atomic E-state index is -4.21. The van der Waals surface area contributed by atoms with E-state index in [0.717, 1.165) is 4.90 Å². The van der Waals surface area contributed by atoms with E-state index in [-0.39, 0.29) is 12.4 Å². The van der Waals surface area contributed by atoms with Crippen molar-refractivity contribution in [1.82, 2.24) is 0 Å². The number of thioether (sulfide) groups is 1. The molecule has 1 aromatic carbocycles. The summed E-state index contributed by atoms with van der Waals surface area (Å²) in [6.45, 7) is 0. The largest absolute Gasteiger partial charge is 0.390 e. The normalized spacial score (nSPS) is 13.1. The lowest BCUT2D eigenvalue weighted by molar-refractivity contribution is -0.138. The molecule has 6 heteroatoms. The van der Waals surface area contributed by atoms with E-state index < -0.39 is 18.6 Å². The van der Waals surface area contributed by atoms with Crippen molar-refractivity contribution >= 4 is 24.2 Å². The first kappa shape index (κ1) is 15.6. The van der Waals surface area contributed by atoms with Crippen LogP contribution in [0.1, 0.15) is 18.0 Å². The molecule has 0 aliphatic heterocycles. The van der Waals surface area contributed by atoms with Crippen LogP contribution in [0, 0.1) is 0 Å². The van der Waals surface area contributed by atoms with Crippen molar-refractivity contribution in [3.05, 3.63) is 29.8 Å². The van der Waals surface area contributed by atoms with Crippen molar-refractivity contribution in [3.63, 3.8) is 0 Å². The summed E-state index contributed by atoms with van der Waals surface area (Å²) in [4.78, 5) is 1.01. The van der Waals surface area contributed by atoms with Crippen molar-refractivity contribution in [2.45, 2.75) is 23.5 Å². The van der Waals surface area contributed by atoms with E-state index in [1.807, 2.05) is 6.26 Å². The molecule has 0 amide bonds. The number of rotatable bonds is 3. The van der Waals surface area contributed by atoms with Gasteiger partial charge in [0.1, 0.15) is 0 Å². The third-order valence-electron chi connectivity index (χ3n) is 2.00. The van der Waals surface area contributed by atoms with Crippen LogP contribution in [0.3, 0.4) is 0 Å². The van der Waals surface area contributed by atoms with Crippen LogP contribution in [0.15, 0.2) is 29.2 Å². The molecule has 1 nitrogen and oxygen atoms in total. The summed E-state index contributed by atoms with van der Waals surface area (Å²) < 4.78 is 36.2. The maximum Gasteiger partial charge on any atom is 0.390 e. The molecular weight excluding hydrogens is 259 g/mol. The molecule has 0 aromatic heterocycles. The van der Waals surface area contributed by atoms with Gasteiger partial charge in [0, 0.05) is 10.9 Å². The lowest BCUT2D eigenvalue weighted by atomic mass is 10.0. The van der Waals surface area contributed by atoms with Crippen LogP contribution in [0.5, 0.6) is 0 Å². The second-order valence-corrected chi connectivity index (χ2v) is 4.08. The van der Waals surface area contributed by atoms with Gasteiger partial charge in [-0.25, -0.2) is 0 Å². The van der Waals surface area contributed by atoms with Crippen molar-refractivity contribution < 1.29 is 13.2 Å². The van der Waals surface area contributed by atoms with Gasteiger partial charge in [0.15, 0.2) is 0 Å². The Hall–Kier alpha value is -0.390. The molecule has 0 spiro atoms. The zero-order chi connectivity index (χ0) is 11.5. The van der Waals surface area contributed by atoms with Crippen LogP contribution < -0.4 is 5.73 Å². The highest BCUT2D eigenvalue weighted by Gasteiger charge is 2.30. The van der Waals surface area contributed by atoms with E-state index in [1.54, 1.807) is 24.3 Å². The predicted octanol–water partition coefficient (Wildman–Crippen LogP) is 3.78. The maximum absolute atomic E-state index is 12.1. The van der Waals surface area contributed by atoms with Gasteiger partial charge in [-0.1, -0.05) is 12.1 Å². The van der Waals surface area contributed by atoms with Gasteiger partial charge in [0.25, 0.3) is 0 Å². The average molecular weight is 272 g/mol. The minimum Gasteiger partial charge on any atom is -0.324 e. The monoisotopic (exact) mass is 271 g/mol. The Balaban J connectivity index is 0.00000225. The Morgan fingerprint density at radius 3 is 2.12 bits per heavy atom. The lowest BCUT2D eigenvalue weighted by Crippen LogP contribution is -2.20. The van der Waals surface area contributed by atoms with Gasteiger partial charge < -0.3 is 5.73 Å². The van der Waals surface area contributed by atoms with Crippen molar-refractivity contribution in [1.29, 1.82) is 0 Å². The first-order valence-electron chi connectivity index (χ1n) is 4.38. The summed E-state index contributed by atoms with van der Waals surface area (Å²) in [6.07, 6.45) is -3.28. The highest BCUT2D eigenvalue weighted by atomic mass is 35.5. The molecule has 0 saturated heterocycles. The minimum absolute atomic E-state index is 0. The average Bonchev–Trinajstić information content (AvgIpc) is 2.15. The van der Waals surface area contributed by atoms with Crippen LogP contribution in [0.2, 0.25) is 0 Å². The first-order chi connectivity index (χ1) is 6.92. The van der Waals surface area contributed by atoms with Crippen molar-refractivity contribution in [2.24, 2.45) is 5.73 Å². The van der Waals surface area contributed by atoms with E-state index in [2.05, 4.69) is 0 Å². The Bertz CT molecular complexity index is 313. The standard InChI is InChI=1S/C10H12F3NS.ClH/c1-15-8-4-2-7(3-5-8)9(14)6-10(11,12)13;/h2-5,9H,6,14H2,1H3;1H/t9-;/m1./s1. The van der Waals surface area contributed by atoms with E-state index >= 15 is 0 Å². The van der Waals surface area contributed by atoms with Gasteiger partial charge >= 0.3 is 6.18 Å². The molecule has 0 saturated carbocycles. The van der Waals surface area contributed by atoms with Gasteiger partial charge in [-0.3, -0.25) is 0 Å². The first-order valence-corrected chi connectivity index (χ1v) is 5.61. The topological polar surface area (TPSA) is 26.0 Å². The predicted molar refractivity (Wildman–Crippen MR) is 63.1 cm³/mol. The van der Waals surface area contributed by atoms with Crippen molar-refractivity contribution in [2.75, 3.05) is 6.26 Å². The van der Waals surface area contributed by atoms with Crippen molar-refractivity contribution in [3.8, 4) is 0 Å². The van der Waals surface area contributed by atoms with E-state index in [9.17, 15) is 13.2 Å². The molecule has 1 atom stereocenters. The maximum atomic E-state index is 12.1. The number of hydrogen-bond donors (Lipinski definition) is 1. The zero-order valence-electron chi connectivity index (χ0n) is 8.62. The number of alkyl halides is 3. The fourth-order valence-corrected chi connectivity index (χ4v) is 1.63. The molecule has 0 aliphatic rings. The summed E-state index contributed by atoms with van der Waals surface area (Å²) in [5, 5.41) is 0. The number of halogens is 4. The third kappa shape index (κ3) is 5.09. The Kier molecular flexibility index (Phi) is 6.22. The SMILES string of the molecule is CSc1ccc([C@H](N)CC(F)(F)F)cc1.Cl. The van der Waals surface area contributed by atoms with Gasteiger partial charge in [0.2, 0.25) is 0 Å². The molecule has 1 aromatic rings. The number of nitrogens with two attached hydrogens (primary N) is 1. The van der Waals surface area contributed by atoms with Crippen LogP contribution >= 0.6 is 24.2 Å². The smallest absolute Gasteiger partial charge is 0.324 e. The van der Waals surface area contributed by atoms with Gasteiger partial charge in [-0.05, 0) is 24.0 Å². The molecule has 1 rings (SSSR count). The zero-order valence-corrected chi connectivity index (χ0v) is 10.3. The van der Waals surface area contributed by atoms with E-state index in [4.69, 9.17) is 5.73 Å². The molecule has 0 heterocycles. The molecule has 16 heavy (non-hydrogen) atoms. The van der Waals surface area contributed by atoms with Crippen LogP contribution in [-0.2, 0) is 0 Å². The van der Waals surface area contributed by atoms with Gasteiger partial charge in [-0.2, -0.15) is 13.2 Å². The molecular formula is C10H13ClF3NS. The summed E-state index contributed by atoms with van der Waals surface area (Å²) in [6, 6.07) is 5.86. The summed E-state index contributed by atoms with van der Waals surface area (Å²) in [5.41, 5.74) is 5.96. The van der Waals surface area contributed by atoms with E-state index in [1.165, 1.54) is 11.8 Å². The molecule has 0 bridgehead atoms. The molecule has 2 N–H and O–H groups in total.